The number of pyridine rings is 1. The largest absolute Gasteiger partial charge is 0.477 e. The van der Waals surface area contributed by atoms with E-state index in [1.807, 2.05) is 9.80 Å². The van der Waals surface area contributed by atoms with Crippen LogP contribution in [0.1, 0.15) is 29.2 Å². The number of benzene rings is 2. The zero-order valence-electron chi connectivity index (χ0n) is 21.5. The van der Waals surface area contributed by atoms with Crippen LogP contribution in [0.2, 0.25) is 5.15 Å². The Morgan fingerprint density at radius 1 is 1.07 bits per heavy atom. The number of fused-ring (bicyclic) bond motifs is 1. The monoisotopic (exact) mass is 596 g/mol. The van der Waals surface area contributed by atoms with Crippen LogP contribution in [0.3, 0.4) is 0 Å². The van der Waals surface area contributed by atoms with E-state index < -0.39 is 23.0 Å². The average Bonchev–Trinajstić information content (AvgIpc) is 3.80. The molecule has 1 aliphatic carbocycles. The molecule has 9 nitrogen and oxygen atoms in total. The number of carboxylic acid groups (broad SMARTS) is 1. The van der Waals surface area contributed by atoms with Gasteiger partial charge < -0.3 is 19.5 Å². The van der Waals surface area contributed by atoms with Crippen molar-refractivity contribution in [3.05, 3.63) is 87.6 Å². The Morgan fingerprint density at radius 3 is 2.41 bits per heavy atom. The minimum atomic E-state index is -1.33. The molecule has 0 bridgehead atoms. The Bertz CT molecular complexity index is 1740. The van der Waals surface area contributed by atoms with E-state index >= 15 is 4.39 Å². The summed E-state index contributed by atoms with van der Waals surface area (Å²) in [6.07, 6.45) is 6.00. The van der Waals surface area contributed by atoms with Crippen molar-refractivity contribution >= 4 is 63.0 Å². The fourth-order valence-electron chi connectivity index (χ4n) is 5.06. The van der Waals surface area contributed by atoms with Gasteiger partial charge in [0.25, 0.3) is 0 Å². The summed E-state index contributed by atoms with van der Waals surface area (Å²) < 4.78 is 30.9. The van der Waals surface area contributed by atoms with Crippen LogP contribution in [-0.4, -0.2) is 61.8 Å². The fourth-order valence-corrected chi connectivity index (χ4v) is 5.58. The summed E-state index contributed by atoms with van der Waals surface area (Å²) in [5, 5.41) is 10.1. The predicted molar refractivity (Wildman–Crippen MR) is 155 cm³/mol. The number of thiocarbonyl (C=S) groups is 1. The molecule has 2 fully saturated rings. The summed E-state index contributed by atoms with van der Waals surface area (Å²) in [6, 6.07) is 8.67. The van der Waals surface area contributed by atoms with Gasteiger partial charge in [0.2, 0.25) is 5.43 Å². The molecule has 210 valence electrons. The lowest BCUT2D eigenvalue weighted by atomic mass is 10.1. The summed E-state index contributed by atoms with van der Waals surface area (Å²) in [5.41, 5.74) is 0.355. The number of halogens is 3. The third-order valence-electron chi connectivity index (χ3n) is 7.26. The number of aromatic carboxylic acids is 1. The van der Waals surface area contributed by atoms with Gasteiger partial charge in [-0.05, 0) is 61.5 Å². The Hall–Kier alpha value is -4.16. The van der Waals surface area contributed by atoms with Crippen molar-refractivity contribution in [1.29, 1.82) is 0 Å². The molecular weight excluding hydrogens is 574 g/mol. The van der Waals surface area contributed by atoms with Crippen LogP contribution in [0.5, 0.6) is 0 Å². The molecule has 0 unspecified atom stereocenters. The van der Waals surface area contributed by atoms with E-state index in [-0.39, 0.29) is 22.1 Å². The summed E-state index contributed by atoms with van der Waals surface area (Å²) in [6.45, 7) is 1.72. The summed E-state index contributed by atoms with van der Waals surface area (Å²) in [7, 11) is 0. The number of hydrogen-bond donors (Lipinski definition) is 1. The Kier molecular flexibility index (Phi) is 7.04. The number of aromatic nitrogens is 3. The quantitative estimate of drug-likeness (QED) is 0.319. The maximum atomic E-state index is 15.4. The van der Waals surface area contributed by atoms with Gasteiger partial charge in [-0.3, -0.25) is 14.7 Å². The topological polar surface area (TPSA) is 94.8 Å². The summed E-state index contributed by atoms with van der Waals surface area (Å²) in [4.78, 5) is 38.4. The highest BCUT2D eigenvalue weighted by Gasteiger charge is 2.30. The zero-order chi connectivity index (χ0) is 28.8. The number of anilines is 3. The first-order chi connectivity index (χ1) is 19.7. The molecule has 1 aliphatic heterocycles. The van der Waals surface area contributed by atoms with Gasteiger partial charge in [-0.1, -0.05) is 11.6 Å². The third kappa shape index (κ3) is 5.20. The van der Waals surface area contributed by atoms with Crippen molar-refractivity contribution < 1.29 is 18.7 Å². The zero-order valence-corrected chi connectivity index (χ0v) is 23.1. The first-order valence-electron chi connectivity index (χ1n) is 12.9. The van der Waals surface area contributed by atoms with E-state index in [0.717, 1.165) is 18.9 Å². The molecule has 1 N–H and O–H groups in total. The molecule has 1 saturated heterocycles. The van der Waals surface area contributed by atoms with Gasteiger partial charge in [0.15, 0.2) is 10.9 Å². The van der Waals surface area contributed by atoms with Crippen LogP contribution in [0.4, 0.5) is 26.0 Å². The van der Waals surface area contributed by atoms with Gasteiger partial charge in [-0.15, -0.1) is 0 Å². The maximum absolute atomic E-state index is 15.4. The highest BCUT2D eigenvalue weighted by molar-refractivity contribution is 7.80. The van der Waals surface area contributed by atoms with Crippen molar-refractivity contribution in [2.24, 2.45) is 0 Å². The maximum Gasteiger partial charge on any atom is 0.341 e. The lowest BCUT2D eigenvalue weighted by Gasteiger charge is -2.40. The summed E-state index contributed by atoms with van der Waals surface area (Å²) in [5.74, 6) is -1.95. The Balaban J connectivity index is 1.28. The molecule has 0 spiro atoms. The van der Waals surface area contributed by atoms with Crippen LogP contribution in [0.15, 0.2) is 59.8 Å². The van der Waals surface area contributed by atoms with Crippen molar-refractivity contribution in [3.8, 4) is 0 Å². The van der Waals surface area contributed by atoms with E-state index in [1.54, 1.807) is 27.7 Å². The molecule has 1 saturated carbocycles. The van der Waals surface area contributed by atoms with Crippen LogP contribution in [0, 0.1) is 11.6 Å². The molecule has 0 atom stereocenters. The second kappa shape index (κ2) is 10.7. The first-order valence-corrected chi connectivity index (χ1v) is 13.7. The number of nitrogens with zero attached hydrogens (tertiary/aromatic N) is 6. The van der Waals surface area contributed by atoms with Gasteiger partial charge in [0.1, 0.15) is 22.4 Å². The number of hydrogen-bond acceptors (Lipinski definition) is 6. The number of carbonyl (C=O) groups is 1. The number of rotatable bonds is 5. The van der Waals surface area contributed by atoms with E-state index in [9.17, 15) is 19.1 Å². The van der Waals surface area contributed by atoms with E-state index in [0.29, 0.717) is 54.0 Å². The molecule has 0 amide bonds. The van der Waals surface area contributed by atoms with E-state index in [4.69, 9.17) is 23.8 Å². The van der Waals surface area contributed by atoms with Crippen LogP contribution < -0.4 is 15.2 Å². The molecule has 2 aromatic carbocycles. The average molecular weight is 597 g/mol. The molecule has 13 heteroatoms. The van der Waals surface area contributed by atoms with Crippen molar-refractivity contribution in [1.82, 2.24) is 19.4 Å². The van der Waals surface area contributed by atoms with Crippen molar-refractivity contribution in [3.63, 3.8) is 0 Å². The molecule has 41 heavy (non-hydrogen) atoms. The van der Waals surface area contributed by atoms with Gasteiger partial charge in [-0.2, -0.15) is 0 Å². The number of carboxylic acids is 1. The normalized spacial score (nSPS) is 15.3. The van der Waals surface area contributed by atoms with E-state index in [2.05, 4.69) is 9.97 Å². The lowest BCUT2D eigenvalue weighted by molar-refractivity contribution is 0.0695. The van der Waals surface area contributed by atoms with Crippen molar-refractivity contribution in [2.75, 3.05) is 36.0 Å². The van der Waals surface area contributed by atoms with Crippen molar-refractivity contribution in [2.45, 2.75) is 18.9 Å². The van der Waals surface area contributed by atoms with Crippen LogP contribution in [-0.2, 0) is 0 Å². The molecule has 2 aliphatic rings. The molecule has 2 aromatic heterocycles. The highest BCUT2D eigenvalue weighted by atomic mass is 35.5. The molecular formula is C28H23ClF2N6O3S. The van der Waals surface area contributed by atoms with Crippen LogP contribution in [0.25, 0.3) is 10.9 Å². The smallest absolute Gasteiger partial charge is 0.341 e. The summed E-state index contributed by atoms with van der Waals surface area (Å²) >= 11 is 11.9. The predicted octanol–water partition coefficient (Wildman–Crippen LogP) is 5.00. The molecule has 3 heterocycles. The first kappa shape index (κ1) is 27.0. The SMILES string of the molecule is O=C(O)c1cn(C2CC2)c2cc(N3CCN(C(=S)N(c4ccc(F)cc4)c4cncc(Cl)n4)CC3)c(F)cc2c1=O. The van der Waals surface area contributed by atoms with Crippen LogP contribution >= 0.6 is 23.8 Å². The van der Waals surface area contributed by atoms with Gasteiger partial charge in [-0.25, -0.2) is 18.6 Å². The molecule has 4 aromatic rings. The Labute approximate surface area is 243 Å². The fraction of sp³-hybridized carbons (Fsp3) is 0.250. The minimum absolute atomic E-state index is 0.0513. The van der Waals surface area contributed by atoms with Gasteiger partial charge in [0.05, 0.1) is 29.3 Å². The standard InChI is InChI=1S/C28H23ClF2N6O3S/c29-24-13-32-14-25(33-24)37(18-3-1-16(30)2-4-18)28(41)35-9-7-34(8-10-35)23-12-22-19(11-21(23)31)26(38)20(27(39)40)15-36(22)17-5-6-17/h1-4,11-15,17H,5-10H2,(H,39,40). The lowest BCUT2D eigenvalue weighted by Crippen LogP contribution is -2.52. The van der Waals surface area contributed by atoms with E-state index in [1.165, 1.54) is 30.7 Å². The second-order valence-electron chi connectivity index (χ2n) is 9.90. The number of piperazine rings is 1. The molecule has 6 rings (SSSR count). The second-order valence-corrected chi connectivity index (χ2v) is 10.7. The third-order valence-corrected chi connectivity index (χ3v) is 7.88. The highest BCUT2D eigenvalue weighted by Crippen LogP contribution is 2.38. The van der Waals surface area contributed by atoms with Gasteiger partial charge in [0, 0.05) is 43.8 Å². The molecule has 0 radical (unpaired) electrons. The minimum Gasteiger partial charge on any atom is -0.477 e. The Morgan fingerprint density at radius 2 is 1.78 bits per heavy atom. The van der Waals surface area contributed by atoms with Gasteiger partial charge >= 0.3 is 5.97 Å².